The Morgan fingerprint density at radius 1 is 1.30 bits per heavy atom. The second kappa shape index (κ2) is 9.48. The first-order chi connectivity index (χ1) is 13.2. The van der Waals surface area contributed by atoms with Crippen molar-refractivity contribution in [2.45, 2.75) is 31.8 Å². The Morgan fingerprint density at radius 3 is 2.81 bits per heavy atom. The van der Waals surface area contributed by atoms with E-state index in [2.05, 4.69) is 15.3 Å². The molecule has 1 aliphatic heterocycles. The Morgan fingerprint density at radius 2 is 2.11 bits per heavy atom. The number of hydrogen-bond donors (Lipinski definition) is 1. The van der Waals surface area contributed by atoms with E-state index in [1.165, 1.54) is 23.2 Å². The Kier molecular flexibility index (Phi) is 6.78. The van der Waals surface area contributed by atoms with Gasteiger partial charge in [0, 0.05) is 19.7 Å². The third kappa shape index (κ3) is 5.05. The molecule has 8 heteroatoms. The molecule has 0 radical (unpaired) electrons. The molecule has 0 aromatic carbocycles. The molecular weight excluding hydrogens is 348 g/mol. The first kappa shape index (κ1) is 19.3. The highest BCUT2D eigenvalue weighted by molar-refractivity contribution is 5.92. The lowest BCUT2D eigenvalue weighted by Crippen LogP contribution is -2.41. The molecule has 0 bridgehead atoms. The summed E-state index contributed by atoms with van der Waals surface area (Å²) in [4.78, 5) is 26.7. The number of nitrogens with zero attached hydrogens (tertiary/aromatic N) is 3. The molecule has 1 saturated heterocycles. The molecule has 0 spiro atoms. The van der Waals surface area contributed by atoms with Crippen molar-refractivity contribution in [2.75, 3.05) is 33.4 Å². The fraction of sp³-hybridized carbons (Fsp3) is 0.526. The standard InChI is InChI=1S/C19H26N4O4/c1-26-13-11-23-18(24)8-7-15(21-23)19(25)20-14-16(17-6-5-12-27-17)22-9-3-2-4-10-22/h5-8,12,16H,2-4,9-11,13-14H2,1H3,(H,20,25). The van der Waals surface area contributed by atoms with Crippen LogP contribution in [-0.2, 0) is 11.3 Å². The Bertz CT molecular complexity index is 781. The number of piperidine rings is 1. The zero-order valence-corrected chi connectivity index (χ0v) is 15.6. The van der Waals surface area contributed by atoms with E-state index in [9.17, 15) is 9.59 Å². The van der Waals surface area contributed by atoms with Crippen molar-refractivity contribution in [1.29, 1.82) is 0 Å². The maximum absolute atomic E-state index is 12.6. The summed E-state index contributed by atoms with van der Waals surface area (Å²) in [5.41, 5.74) is -0.0482. The largest absolute Gasteiger partial charge is 0.468 e. The van der Waals surface area contributed by atoms with Gasteiger partial charge in [0.2, 0.25) is 0 Å². The molecule has 1 N–H and O–H groups in total. The number of methoxy groups -OCH3 is 1. The predicted octanol–water partition coefficient (Wildman–Crippen LogP) is 1.44. The van der Waals surface area contributed by atoms with Gasteiger partial charge in [0.1, 0.15) is 11.5 Å². The molecule has 2 aromatic heterocycles. The number of nitrogens with one attached hydrogen (secondary N) is 1. The molecule has 8 nitrogen and oxygen atoms in total. The zero-order chi connectivity index (χ0) is 19.1. The summed E-state index contributed by atoms with van der Waals surface area (Å²) in [6, 6.07) is 6.59. The maximum Gasteiger partial charge on any atom is 0.271 e. The van der Waals surface area contributed by atoms with Crippen molar-refractivity contribution in [2.24, 2.45) is 0 Å². The van der Waals surface area contributed by atoms with E-state index in [0.717, 1.165) is 31.7 Å². The lowest BCUT2D eigenvalue weighted by molar-refractivity contribution is 0.0905. The maximum atomic E-state index is 12.6. The summed E-state index contributed by atoms with van der Waals surface area (Å²) < 4.78 is 11.8. The van der Waals surface area contributed by atoms with Gasteiger partial charge in [-0.3, -0.25) is 14.5 Å². The monoisotopic (exact) mass is 374 g/mol. The lowest BCUT2D eigenvalue weighted by atomic mass is 10.1. The Balaban J connectivity index is 1.68. The van der Waals surface area contributed by atoms with Crippen LogP contribution in [0.15, 0.2) is 39.7 Å². The quantitative estimate of drug-likeness (QED) is 0.752. The van der Waals surface area contributed by atoms with Crippen molar-refractivity contribution in [3.8, 4) is 0 Å². The number of rotatable bonds is 8. The molecule has 1 aliphatic rings. The van der Waals surface area contributed by atoms with E-state index in [-0.39, 0.29) is 23.2 Å². The molecule has 0 aliphatic carbocycles. The number of carbonyl (C=O) groups is 1. The number of hydrogen-bond acceptors (Lipinski definition) is 6. The fourth-order valence-corrected chi connectivity index (χ4v) is 3.31. The van der Waals surface area contributed by atoms with E-state index in [0.29, 0.717) is 19.7 Å². The minimum Gasteiger partial charge on any atom is -0.468 e. The number of carbonyl (C=O) groups excluding carboxylic acids is 1. The topological polar surface area (TPSA) is 89.6 Å². The summed E-state index contributed by atoms with van der Waals surface area (Å²) in [7, 11) is 1.55. The zero-order valence-electron chi connectivity index (χ0n) is 15.6. The van der Waals surface area contributed by atoms with E-state index in [4.69, 9.17) is 9.15 Å². The molecule has 3 heterocycles. The van der Waals surface area contributed by atoms with Gasteiger partial charge in [0.15, 0.2) is 0 Å². The summed E-state index contributed by atoms with van der Waals surface area (Å²) in [6.07, 6.45) is 5.19. The normalized spacial score (nSPS) is 16.2. The third-order valence-electron chi connectivity index (χ3n) is 4.77. The van der Waals surface area contributed by atoms with Crippen LogP contribution in [0.2, 0.25) is 0 Å². The molecular formula is C19H26N4O4. The molecule has 1 fully saturated rings. The number of ether oxygens (including phenoxy) is 1. The van der Waals surface area contributed by atoms with Gasteiger partial charge in [-0.2, -0.15) is 5.10 Å². The highest BCUT2D eigenvalue weighted by Crippen LogP contribution is 2.24. The average Bonchev–Trinajstić information content (AvgIpc) is 3.22. The third-order valence-corrected chi connectivity index (χ3v) is 4.77. The van der Waals surface area contributed by atoms with Crippen LogP contribution in [0.3, 0.4) is 0 Å². The van der Waals surface area contributed by atoms with Gasteiger partial charge in [-0.25, -0.2) is 4.68 Å². The minimum absolute atomic E-state index is 0.0105. The second-order valence-corrected chi connectivity index (χ2v) is 6.61. The number of likely N-dealkylation sites (tertiary alicyclic amines) is 1. The van der Waals surface area contributed by atoms with Crippen molar-refractivity contribution in [3.63, 3.8) is 0 Å². The fourth-order valence-electron chi connectivity index (χ4n) is 3.31. The Hall–Kier alpha value is -2.45. The van der Waals surface area contributed by atoms with E-state index in [1.54, 1.807) is 13.4 Å². The van der Waals surface area contributed by atoms with Gasteiger partial charge >= 0.3 is 0 Å². The predicted molar refractivity (Wildman–Crippen MR) is 99.6 cm³/mol. The average molecular weight is 374 g/mol. The van der Waals surface area contributed by atoms with Crippen LogP contribution in [0, 0.1) is 0 Å². The molecule has 3 rings (SSSR count). The SMILES string of the molecule is COCCn1nc(C(=O)NCC(c2ccco2)N2CCCCC2)ccc1=O. The number of aromatic nitrogens is 2. The van der Waals surface area contributed by atoms with E-state index < -0.39 is 0 Å². The lowest BCUT2D eigenvalue weighted by Gasteiger charge is -2.33. The van der Waals surface area contributed by atoms with Crippen molar-refractivity contribution in [1.82, 2.24) is 20.0 Å². The summed E-state index contributed by atoms with van der Waals surface area (Å²) in [5.74, 6) is 0.532. The van der Waals surface area contributed by atoms with Gasteiger partial charge in [-0.1, -0.05) is 6.42 Å². The van der Waals surface area contributed by atoms with Crippen molar-refractivity contribution in [3.05, 3.63) is 52.3 Å². The molecule has 1 amide bonds. The first-order valence-electron chi connectivity index (χ1n) is 9.32. The van der Waals surface area contributed by atoms with Gasteiger partial charge in [0.25, 0.3) is 11.5 Å². The van der Waals surface area contributed by atoms with Crippen molar-refractivity contribution >= 4 is 5.91 Å². The molecule has 0 saturated carbocycles. The molecule has 146 valence electrons. The molecule has 27 heavy (non-hydrogen) atoms. The van der Waals surface area contributed by atoms with Crippen LogP contribution in [0.25, 0.3) is 0 Å². The highest BCUT2D eigenvalue weighted by Gasteiger charge is 2.25. The number of furan rings is 1. The van der Waals surface area contributed by atoms with Crippen LogP contribution >= 0.6 is 0 Å². The highest BCUT2D eigenvalue weighted by atomic mass is 16.5. The van der Waals surface area contributed by atoms with Crippen LogP contribution in [-0.4, -0.2) is 53.9 Å². The van der Waals surface area contributed by atoms with Gasteiger partial charge < -0.3 is 14.5 Å². The van der Waals surface area contributed by atoms with E-state index >= 15 is 0 Å². The van der Waals surface area contributed by atoms with E-state index in [1.807, 2.05) is 12.1 Å². The summed E-state index contributed by atoms with van der Waals surface area (Å²) in [5, 5.41) is 7.08. The summed E-state index contributed by atoms with van der Waals surface area (Å²) in [6.45, 7) is 3.06. The Labute approximate surface area is 158 Å². The van der Waals surface area contributed by atoms with Gasteiger partial charge in [-0.05, 0) is 44.1 Å². The second-order valence-electron chi connectivity index (χ2n) is 6.61. The summed E-state index contributed by atoms with van der Waals surface area (Å²) >= 11 is 0. The molecule has 2 aromatic rings. The van der Waals surface area contributed by atoms with Crippen LogP contribution in [0.1, 0.15) is 41.6 Å². The van der Waals surface area contributed by atoms with Crippen LogP contribution in [0.5, 0.6) is 0 Å². The molecule has 1 atom stereocenters. The number of amides is 1. The van der Waals surface area contributed by atoms with Crippen molar-refractivity contribution < 1.29 is 13.9 Å². The first-order valence-corrected chi connectivity index (χ1v) is 9.32. The van der Waals surface area contributed by atoms with Gasteiger partial charge in [0.05, 0.1) is 25.5 Å². The minimum atomic E-state index is -0.310. The van der Waals surface area contributed by atoms with Gasteiger partial charge in [-0.15, -0.1) is 0 Å². The smallest absolute Gasteiger partial charge is 0.271 e. The molecule has 1 unspecified atom stereocenters. The van der Waals surface area contributed by atoms with Crippen LogP contribution in [0.4, 0.5) is 0 Å². The van der Waals surface area contributed by atoms with Crippen LogP contribution < -0.4 is 10.9 Å².